The highest BCUT2D eigenvalue weighted by atomic mass is 35.5. The lowest BCUT2D eigenvalue weighted by molar-refractivity contribution is -0.121. The van der Waals surface area contributed by atoms with E-state index < -0.39 is 0 Å². The standard InChI is InChI=1S/C17H17ClN2O/c18-14-7-5-12(6-8-14)9-10-19-17(21)16-11-13-3-1-2-4-15(13)20-16/h1-8,16,20H,9-11H2,(H,19,21). The fourth-order valence-corrected chi connectivity index (χ4v) is 2.69. The van der Waals surface area contributed by atoms with Gasteiger partial charge in [-0.2, -0.15) is 0 Å². The number of carbonyl (C=O) groups excluding carboxylic acids is 1. The van der Waals surface area contributed by atoms with Crippen LogP contribution in [0.3, 0.4) is 0 Å². The summed E-state index contributed by atoms with van der Waals surface area (Å²) in [6.07, 6.45) is 1.56. The second-order valence-corrected chi connectivity index (χ2v) is 5.66. The minimum Gasteiger partial charge on any atom is -0.373 e. The highest BCUT2D eigenvalue weighted by Crippen LogP contribution is 2.25. The molecule has 0 saturated carbocycles. The van der Waals surface area contributed by atoms with Gasteiger partial charge >= 0.3 is 0 Å². The first-order chi connectivity index (χ1) is 10.2. The Morgan fingerprint density at radius 3 is 2.71 bits per heavy atom. The number of nitrogens with one attached hydrogen (secondary N) is 2. The van der Waals surface area contributed by atoms with Gasteiger partial charge in [-0.1, -0.05) is 41.9 Å². The highest BCUT2D eigenvalue weighted by molar-refractivity contribution is 6.30. The number of hydrogen-bond acceptors (Lipinski definition) is 2. The van der Waals surface area contributed by atoms with Crippen LogP contribution in [0.2, 0.25) is 5.02 Å². The molecule has 0 fully saturated rings. The van der Waals surface area contributed by atoms with E-state index in [4.69, 9.17) is 11.6 Å². The van der Waals surface area contributed by atoms with Crippen molar-refractivity contribution in [2.45, 2.75) is 18.9 Å². The minimum absolute atomic E-state index is 0.0557. The second-order valence-electron chi connectivity index (χ2n) is 5.23. The molecule has 1 unspecified atom stereocenters. The van der Waals surface area contributed by atoms with Gasteiger partial charge < -0.3 is 10.6 Å². The van der Waals surface area contributed by atoms with Gasteiger partial charge in [-0.3, -0.25) is 4.79 Å². The fourth-order valence-electron chi connectivity index (χ4n) is 2.56. The van der Waals surface area contributed by atoms with Gasteiger partial charge in [-0.05, 0) is 35.7 Å². The molecule has 2 N–H and O–H groups in total. The number of fused-ring (bicyclic) bond motifs is 1. The van der Waals surface area contributed by atoms with Crippen LogP contribution in [0.15, 0.2) is 48.5 Å². The highest BCUT2D eigenvalue weighted by Gasteiger charge is 2.25. The zero-order valence-corrected chi connectivity index (χ0v) is 12.4. The summed E-state index contributed by atoms with van der Waals surface area (Å²) >= 11 is 5.85. The number of amides is 1. The van der Waals surface area contributed by atoms with Crippen LogP contribution >= 0.6 is 11.6 Å². The first-order valence-corrected chi connectivity index (χ1v) is 7.47. The van der Waals surface area contributed by atoms with Crippen LogP contribution < -0.4 is 10.6 Å². The summed E-state index contributed by atoms with van der Waals surface area (Å²) in [7, 11) is 0. The third-order valence-electron chi connectivity index (χ3n) is 3.71. The van der Waals surface area contributed by atoms with Gasteiger partial charge in [0.1, 0.15) is 6.04 Å². The number of carbonyl (C=O) groups is 1. The Morgan fingerprint density at radius 1 is 1.19 bits per heavy atom. The van der Waals surface area contributed by atoms with Crippen molar-refractivity contribution in [3.05, 3.63) is 64.7 Å². The van der Waals surface area contributed by atoms with E-state index in [2.05, 4.69) is 16.7 Å². The van der Waals surface area contributed by atoms with Crippen LogP contribution in [0.4, 0.5) is 5.69 Å². The molecule has 0 saturated heterocycles. The zero-order valence-electron chi connectivity index (χ0n) is 11.6. The molecular weight excluding hydrogens is 284 g/mol. The summed E-state index contributed by atoms with van der Waals surface area (Å²) in [5.41, 5.74) is 3.44. The fraction of sp³-hybridized carbons (Fsp3) is 0.235. The molecular formula is C17H17ClN2O. The summed E-state index contributed by atoms with van der Waals surface area (Å²) in [5.74, 6) is 0.0557. The number of anilines is 1. The molecule has 0 spiro atoms. The van der Waals surface area contributed by atoms with E-state index in [0.29, 0.717) is 6.54 Å². The smallest absolute Gasteiger partial charge is 0.242 e. The van der Waals surface area contributed by atoms with Crippen LogP contribution in [0, 0.1) is 0 Å². The largest absolute Gasteiger partial charge is 0.373 e. The molecule has 1 atom stereocenters. The molecule has 0 radical (unpaired) electrons. The second kappa shape index (κ2) is 6.19. The van der Waals surface area contributed by atoms with Gasteiger partial charge in [0.2, 0.25) is 5.91 Å². The Bertz CT molecular complexity index is 614. The first kappa shape index (κ1) is 14.0. The predicted octanol–water partition coefficient (Wildman–Crippen LogP) is 3.04. The normalized spacial score (nSPS) is 16.1. The molecule has 108 valence electrons. The van der Waals surface area contributed by atoms with Crippen molar-refractivity contribution in [1.29, 1.82) is 0 Å². The van der Waals surface area contributed by atoms with Crippen molar-refractivity contribution in [2.75, 3.05) is 11.9 Å². The topological polar surface area (TPSA) is 41.1 Å². The minimum atomic E-state index is -0.160. The lowest BCUT2D eigenvalue weighted by atomic mass is 10.1. The summed E-state index contributed by atoms with van der Waals surface area (Å²) < 4.78 is 0. The molecule has 2 aromatic carbocycles. The van der Waals surface area contributed by atoms with Gasteiger partial charge in [0.15, 0.2) is 0 Å². The van der Waals surface area contributed by atoms with Gasteiger partial charge in [0.25, 0.3) is 0 Å². The molecule has 1 aliphatic heterocycles. The number of benzene rings is 2. The molecule has 3 rings (SSSR count). The van der Waals surface area contributed by atoms with E-state index in [1.807, 2.05) is 42.5 Å². The molecule has 2 aromatic rings. The van der Waals surface area contributed by atoms with Crippen LogP contribution in [-0.4, -0.2) is 18.5 Å². The molecule has 0 aromatic heterocycles. The molecule has 21 heavy (non-hydrogen) atoms. The van der Waals surface area contributed by atoms with Crippen molar-refractivity contribution in [3.8, 4) is 0 Å². The number of hydrogen-bond donors (Lipinski definition) is 2. The van der Waals surface area contributed by atoms with Gasteiger partial charge in [0.05, 0.1) is 0 Å². The van der Waals surface area contributed by atoms with Crippen molar-refractivity contribution in [1.82, 2.24) is 5.32 Å². The van der Waals surface area contributed by atoms with Crippen LogP contribution in [0.5, 0.6) is 0 Å². The quantitative estimate of drug-likeness (QED) is 0.911. The van der Waals surface area contributed by atoms with Crippen molar-refractivity contribution in [3.63, 3.8) is 0 Å². The van der Waals surface area contributed by atoms with Gasteiger partial charge in [-0.25, -0.2) is 0 Å². The maximum Gasteiger partial charge on any atom is 0.242 e. The molecule has 0 bridgehead atoms. The Kier molecular flexibility index (Phi) is 4.11. The monoisotopic (exact) mass is 300 g/mol. The predicted molar refractivity (Wildman–Crippen MR) is 85.7 cm³/mol. The van der Waals surface area contributed by atoms with E-state index >= 15 is 0 Å². The molecule has 0 aliphatic carbocycles. The van der Waals surface area contributed by atoms with Crippen LogP contribution in [0.1, 0.15) is 11.1 Å². The Labute approximate surface area is 129 Å². The SMILES string of the molecule is O=C(NCCc1ccc(Cl)cc1)C1Cc2ccccc2N1. The number of halogens is 1. The van der Waals surface area contributed by atoms with E-state index in [1.165, 1.54) is 11.1 Å². The Balaban J connectivity index is 1.48. The lowest BCUT2D eigenvalue weighted by Crippen LogP contribution is -2.39. The Morgan fingerprint density at radius 2 is 1.95 bits per heavy atom. The van der Waals surface area contributed by atoms with Crippen molar-refractivity contribution < 1.29 is 4.79 Å². The molecule has 1 aliphatic rings. The molecule has 1 amide bonds. The third kappa shape index (κ3) is 3.37. The van der Waals surface area contributed by atoms with Gasteiger partial charge in [0, 0.05) is 23.7 Å². The maximum absolute atomic E-state index is 12.2. The number of rotatable bonds is 4. The Hall–Kier alpha value is -2.00. The van der Waals surface area contributed by atoms with Crippen LogP contribution in [-0.2, 0) is 17.6 Å². The van der Waals surface area contributed by atoms with Crippen molar-refractivity contribution in [2.24, 2.45) is 0 Å². The van der Waals surface area contributed by atoms with E-state index in [1.54, 1.807) is 0 Å². The summed E-state index contributed by atoms with van der Waals surface area (Å²) in [6, 6.07) is 15.6. The average Bonchev–Trinajstić information content (AvgIpc) is 2.93. The summed E-state index contributed by atoms with van der Waals surface area (Å²) in [6.45, 7) is 0.634. The third-order valence-corrected chi connectivity index (χ3v) is 3.97. The van der Waals surface area contributed by atoms with Crippen molar-refractivity contribution >= 4 is 23.2 Å². The van der Waals surface area contributed by atoms with E-state index in [9.17, 15) is 4.79 Å². The van der Waals surface area contributed by atoms with E-state index in [0.717, 1.165) is 23.6 Å². The van der Waals surface area contributed by atoms with Crippen LogP contribution in [0.25, 0.3) is 0 Å². The van der Waals surface area contributed by atoms with Gasteiger partial charge in [-0.15, -0.1) is 0 Å². The molecule has 3 nitrogen and oxygen atoms in total. The first-order valence-electron chi connectivity index (χ1n) is 7.09. The average molecular weight is 301 g/mol. The summed E-state index contributed by atoms with van der Waals surface area (Å²) in [4.78, 5) is 12.2. The zero-order chi connectivity index (χ0) is 14.7. The molecule has 4 heteroatoms. The number of para-hydroxylation sites is 1. The maximum atomic E-state index is 12.2. The molecule has 1 heterocycles. The summed E-state index contributed by atoms with van der Waals surface area (Å²) in [5, 5.41) is 6.98. The lowest BCUT2D eigenvalue weighted by Gasteiger charge is -2.12. The van der Waals surface area contributed by atoms with E-state index in [-0.39, 0.29) is 11.9 Å².